The molecule has 2 rings (SSSR count). The lowest BCUT2D eigenvalue weighted by molar-refractivity contribution is -0.0498. The molecule has 0 unspecified atom stereocenters. The molecule has 0 amide bonds. The Morgan fingerprint density at radius 3 is 2.45 bits per heavy atom. The van der Waals surface area contributed by atoms with Crippen molar-refractivity contribution in [2.45, 2.75) is 20.1 Å². The molecule has 20 heavy (non-hydrogen) atoms. The highest BCUT2D eigenvalue weighted by Crippen LogP contribution is 2.21. The SMILES string of the molecule is Cc1ccc(NCc2ccc(OC(F)F)cc2)cc1Cl. The summed E-state index contributed by atoms with van der Waals surface area (Å²) < 4.78 is 28.3. The van der Waals surface area contributed by atoms with Crippen LogP contribution in [0.1, 0.15) is 11.1 Å². The van der Waals surface area contributed by atoms with Crippen LogP contribution in [-0.2, 0) is 6.54 Å². The lowest BCUT2D eigenvalue weighted by atomic mass is 10.2. The number of benzene rings is 2. The maximum Gasteiger partial charge on any atom is 0.387 e. The molecule has 0 atom stereocenters. The van der Waals surface area contributed by atoms with E-state index in [9.17, 15) is 8.78 Å². The third-order valence-corrected chi connectivity index (χ3v) is 3.22. The van der Waals surface area contributed by atoms with Crippen LogP contribution in [0, 0.1) is 6.92 Å². The lowest BCUT2D eigenvalue weighted by Crippen LogP contribution is -2.03. The summed E-state index contributed by atoms with van der Waals surface area (Å²) >= 11 is 6.04. The first-order chi connectivity index (χ1) is 9.54. The van der Waals surface area contributed by atoms with Gasteiger partial charge in [-0.05, 0) is 42.3 Å². The summed E-state index contributed by atoms with van der Waals surface area (Å²) in [6, 6.07) is 12.2. The third kappa shape index (κ3) is 4.10. The van der Waals surface area contributed by atoms with Crippen LogP contribution >= 0.6 is 11.6 Å². The molecule has 2 aromatic rings. The number of alkyl halides is 2. The molecule has 0 spiro atoms. The Hall–Kier alpha value is -1.81. The molecule has 1 N–H and O–H groups in total. The summed E-state index contributed by atoms with van der Waals surface area (Å²) in [4.78, 5) is 0. The number of anilines is 1. The molecular weight excluding hydrogens is 284 g/mol. The molecule has 0 aromatic heterocycles. The van der Waals surface area contributed by atoms with E-state index < -0.39 is 6.61 Å². The summed E-state index contributed by atoms with van der Waals surface area (Å²) in [6.07, 6.45) is 0. The summed E-state index contributed by atoms with van der Waals surface area (Å²) in [7, 11) is 0. The van der Waals surface area contributed by atoms with Crippen LogP contribution in [0.4, 0.5) is 14.5 Å². The van der Waals surface area contributed by atoms with Crippen molar-refractivity contribution in [2.24, 2.45) is 0 Å². The van der Waals surface area contributed by atoms with Crippen molar-refractivity contribution in [1.82, 2.24) is 0 Å². The van der Waals surface area contributed by atoms with Crippen molar-refractivity contribution in [3.63, 3.8) is 0 Å². The summed E-state index contributed by atoms with van der Waals surface area (Å²) in [5.41, 5.74) is 2.89. The normalized spacial score (nSPS) is 10.7. The average Bonchev–Trinajstić information content (AvgIpc) is 2.41. The fourth-order valence-electron chi connectivity index (χ4n) is 1.70. The van der Waals surface area contributed by atoms with Gasteiger partial charge in [0.05, 0.1) is 0 Å². The predicted molar refractivity (Wildman–Crippen MR) is 76.6 cm³/mol. The Bertz CT molecular complexity index is 573. The maximum absolute atomic E-state index is 12.0. The van der Waals surface area contributed by atoms with Crippen molar-refractivity contribution < 1.29 is 13.5 Å². The monoisotopic (exact) mass is 297 g/mol. The number of halogens is 3. The van der Waals surface area contributed by atoms with Gasteiger partial charge < -0.3 is 10.1 Å². The molecule has 0 fully saturated rings. The van der Waals surface area contributed by atoms with Gasteiger partial charge in [0, 0.05) is 17.3 Å². The molecule has 5 heteroatoms. The van der Waals surface area contributed by atoms with Gasteiger partial charge in [0.15, 0.2) is 0 Å². The molecule has 0 aliphatic rings. The quantitative estimate of drug-likeness (QED) is 0.851. The number of rotatable bonds is 5. The Morgan fingerprint density at radius 2 is 1.85 bits per heavy atom. The number of aryl methyl sites for hydroxylation is 1. The Balaban J connectivity index is 1.95. The maximum atomic E-state index is 12.0. The van der Waals surface area contributed by atoms with Gasteiger partial charge in [-0.3, -0.25) is 0 Å². The fraction of sp³-hybridized carbons (Fsp3) is 0.200. The van der Waals surface area contributed by atoms with E-state index in [-0.39, 0.29) is 5.75 Å². The molecule has 0 saturated carbocycles. The minimum absolute atomic E-state index is 0.155. The molecule has 0 heterocycles. The van der Waals surface area contributed by atoms with E-state index in [1.54, 1.807) is 12.1 Å². The van der Waals surface area contributed by atoms with Crippen molar-refractivity contribution in [3.05, 3.63) is 58.6 Å². The first-order valence-corrected chi connectivity index (χ1v) is 6.46. The van der Waals surface area contributed by atoms with Crippen LogP contribution in [0.2, 0.25) is 5.02 Å². The first kappa shape index (κ1) is 14.6. The Kier molecular flexibility index (Phi) is 4.79. The van der Waals surface area contributed by atoms with E-state index in [4.69, 9.17) is 11.6 Å². The topological polar surface area (TPSA) is 21.3 Å². The second-order valence-corrected chi connectivity index (χ2v) is 4.75. The van der Waals surface area contributed by atoms with E-state index in [0.29, 0.717) is 11.6 Å². The second kappa shape index (κ2) is 6.57. The number of hydrogen-bond acceptors (Lipinski definition) is 2. The van der Waals surface area contributed by atoms with E-state index in [2.05, 4.69) is 10.1 Å². The third-order valence-electron chi connectivity index (χ3n) is 2.82. The number of nitrogens with one attached hydrogen (secondary N) is 1. The average molecular weight is 298 g/mol. The minimum Gasteiger partial charge on any atom is -0.435 e. The zero-order chi connectivity index (χ0) is 14.5. The summed E-state index contributed by atoms with van der Waals surface area (Å²) in [6.45, 7) is -0.281. The van der Waals surface area contributed by atoms with Crippen LogP contribution in [0.25, 0.3) is 0 Å². The highest BCUT2D eigenvalue weighted by molar-refractivity contribution is 6.31. The zero-order valence-electron chi connectivity index (χ0n) is 10.9. The van der Waals surface area contributed by atoms with Gasteiger partial charge in [-0.2, -0.15) is 8.78 Å². The summed E-state index contributed by atoms with van der Waals surface area (Å²) in [5.74, 6) is 0.155. The van der Waals surface area contributed by atoms with Gasteiger partial charge in [-0.15, -0.1) is 0 Å². The van der Waals surface area contributed by atoms with Crippen LogP contribution in [0.15, 0.2) is 42.5 Å². The minimum atomic E-state index is -2.80. The fourth-order valence-corrected chi connectivity index (χ4v) is 1.88. The van der Waals surface area contributed by atoms with Crippen molar-refractivity contribution in [1.29, 1.82) is 0 Å². The standard InChI is InChI=1S/C15H14ClF2NO/c1-10-2-5-12(8-14(10)16)19-9-11-3-6-13(7-4-11)20-15(17)18/h2-8,15,19H,9H2,1H3. The molecule has 0 saturated heterocycles. The summed E-state index contributed by atoms with van der Waals surface area (Å²) in [5, 5.41) is 3.92. The van der Waals surface area contributed by atoms with E-state index in [1.165, 1.54) is 12.1 Å². The van der Waals surface area contributed by atoms with Gasteiger partial charge in [-0.25, -0.2) is 0 Å². The molecule has 0 bridgehead atoms. The molecule has 2 nitrogen and oxygen atoms in total. The van der Waals surface area contributed by atoms with Gasteiger partial charge in [-0.1, -0.05) is 29.8 Å². The Morgan fingerprint density at radius 1 is 1.15 bits per heavy atom. The lowest BCUT2D eigenvalue weighted by Gasteiger charge is -2.09. The van der Waals surface area contributed by atoms with E-state index in [0.717, 1.165) is 16.8 Å². The van der Waals surface area contributed by atoms with Crippen molar-refractivity contribution >= 4 is 17.3 Å². The number of hydrogen-bond donors (Lipinski definition) is 1. The molecule has 0 aliphatic heterocycles. The first-order valence-electron chi connectivity index (χ1n) is 6.08. The highest BCUT2D eigenvalue weighted by Gasteiger charge is 2.03. The van der Waals surface area contributed by atoms with Gasteiger partial charge >= 0.3 is 6.61 Å². The van der Waals surface area contributed by atoms with Gasteiger partial charge in [0.2, 0.25) is 0 Å². The largest absolute Gasteiger partial charge is 0.435 e. The van der Waals surface area contributed by atoms with Crippen LogP contribution < -0.4 is 10.1 Å². The predicted octanol–water partition coefficient (Wildman–Crippen LogP) is 4.86. The Labute approximate surface area is 121 Å². The van der Waals surface area contributed by atoms with E-state index in [1.807, 2.05) is 25.1 Å². The molecule has 0 radical (unpaired) electrons. The molecule has 0 aliphatic carbocycles. The van der Waals surface area contributed by atoms with Crippen LogP contribution in [-0.4, -0.2) is 6.61 Å². The van der Waals surface area contributed by atoms with Crippen molar-refractivity contribution in [2.75, 3.05) is 5.32 Å². The van der Waals surface area contributed by atoms with Crippen LogP contribution in [0.5, 0.6) is 5.75 Å². The smallest absolute Gasteiger partial charge is 0.387 e. The molecule has 106 valence electrons. The highest BCUT2D eigenvalue weighted by atomic mass is 35.5. The zero-order valence-corrected chi connectivity index (χ0v) is 11.6. The number of ether oxygens (including phenoxy) is 1. The van der Waals surface area contributed by atoms with Gasteiger partial charge in [0.25, 0.3) is 0 Å². The molecule has 2 aromatic carbocycles. The molecular formula is C15H14ClF2NO. The van der Waals surface area contributed by atoms with E-state index >= 15 is 0 Å². The second-order valence-electron chi connectivity index (χ2n) is 4.34. The van der Waals surface area contributed by atoms with Crippen molar-refractivity contribution in [3.8, 4) is 5.75 Å². The van der Waals surface area contributed by atoms with Gasteiger partial charge in [0.1, 0.15) is 5.75 Å². The van der Waals surface area contributed by atoms with Crippen LogP contribution in [0.3, 0.4) is 0 Å².